The van der Waals surface area contributed by atoms with Gasteiger partial charge in [-0.2, -0.15) is 20.7 Å². The number of nitrogens with zero attached hydrogens (tertiary/aromatic N) is 10. The zero-order valence-electron chi connectivity index (χ0n) is 22.2. The van der Waals surface area contributed by atoms with E-state index in [1.807, 2.05) is 49.3 Å². The highest BCUT2D eigenvalue weighted by Crippen LogP contribution is 2.37. The van der Waals surface area contributed by atoms with E-state index < -0.39 is 5.82 Å². The zero-order chi connectivity index (χ0) is 28.0. The summed E-state index contributed by atoms with van der Waals surface area (Å²) in [6.45, 7) is 5.28. The number of anilines is 2. The molecule has 0 aromatic carbocycles. The fraction of sp³-hybridized carbons (Fsp3) is 0.241. The topological polar surface area (TPSA) is 115 Å². The molecule has 1 aliphatic heterocycles. The van der Waals surface area contributed by atoms with Crippen molar-refractivity contribution in [3.05, 3.63) is 84.5 Å². The quantitative estimate of drug-likeness (QED) is 0.313. The van der Waals surface area contributed by atoms with Gasteiger partial charge in [-0.3, -0.25) is 0 Å². The van der Waals surface area contributed by atoms with Gasteiger partial charge in [0.25, 0.3) is 0 Å². The standard InChI is InChI=1S/C29H25FN10/c1-19(20-4-7-27(34-10-20)39-14-23(30)13-36-39)37(3)26-6-5-21(11-33-26)25-8-24(38-17-29(2,16-32)18-38)15-40-28(25)22(9-31)12-35-40/h4-8,10-15,19H,17-18H2,1-3H3/t19-/m0/s1. The third kappa shape index (κ3) is 4.28. The van der Waals surface area contributed by atoms with E-state index in [9.17, 15) is 14.9 Å². The van der Waals surface area contributed by atoms with E-state index in [1.165, 1.54) is 10.9 Å². The van der Waals surface area contributed by atoms with Gasteiger partial charge in [0.2, 0.25) is 0 Å². The average molecular weight is 533 g/mol. The van der Waals surface area contributed by atoms with E-state index in [4.69, 9.17) is 4.98 Å². The molecule has 0 amide bonds. The van der Waals surface area contributed by atoms with Gasteiger partial charge < -0.3 is 9.80 Å². The summed E-state index contributed by atoms with van der Waals surface area (Å²) in [6.07, 6.45) is 9.44. The van der Waals surface area contributed by atoms with Gasteiger partial charge in [0.1, 0.15) is 11.9 Å². The number of aromatic nitrogens is 6. The maximum atomic E-state index is 13.3. The van der Waals surface area contributed by atoms with Gasteiger partial charge in [-0.15, -0.1) is 0 Å². The molecule has 198 valence electrons. The van der Waals surface area contributed by atoms with Crippen LogP contribution >= 0.6 is 0 Å². The number of pyridine rings is 3. The first-order valence-electron chi connectivity index (χ1n) is 12.7. The summed E-state index contributed by atoms with van der Waals surface area (Å²) in [7, 11) is 1.96. The molecule has 0 unspecified atom stereocenters. The minimum absolute atomic E-state index is 0.0369. The number of nitriles is 2. The predicted molar refractivity (Wildman–Crippen MR) is 147 cm³/mol. The number of hydrogen-bond acceptors (Lipinski definition) is 8. The van der Waals surface area contributed by atoms with Gasteiger partial charge in [-0.05, 0) is 43.7 Å². The molecule has 0 N–H and O–H groups in total. The molecule has 1 fully saturated rings. The molecule has 11 heteroatoms. The second kappa shape index (κ2) is 9.47. The van der Waals surface area contributed by atoms with Gasteiger partial charge in [0.05, 0.1) is 59.1 Å². The van der Waals surface area contributed by atoms with E-state index in [1.54, 1.807) is 29.2 Å². The number of rotatable bonds is 6. The summed E-state index contributed by atoms with van der Waals surface area (Å²) in [6, 6.07) is 14.3. The van der Waals surface area contributed by atoms with Crippen molar-refractivity contribution in [1.82, 2.24) is 29.4 Å². The maximum Gasteiger partial charge on any atom is 0.161 e. The van der Waals surface area contributed by atoms with Crippen LogP contribution in [0.15, 0.2) is 67.5 Å². The van der Waals surface area contributed by atoms with Crippen molar-refractivity contribution in [2.75, 3.05) is 29.9 Å². The fourth-order valence-corrected chi connectivity index (χ4v) is 5.01. The highest BCUT2D eigenvalue weighted by atomic mass is 19.1. The normalized spacial score (nSPS) is 14.8. The molecule has 1 atom stereocenters. The zero-order valence-corrected chi connectivity index (χ0v) is 22.2. The van der Waals surface area contributed by atoms with Crippen LogP contribution in [0.4, 0.5) is 15.9 Å². The van der Waals surface area contributed by atoms with Gasteiger partial charge in [-0.1, -0.05) is 6.07 Å². The largest absolute Gasteiger partial charge is 0.367 e. The van der Waals surface area contributed by atoms with Gasteiger partial charge >= 0.3 is 0 Å². The monoisotopic (exact) mass is 532 g/mol. The van der Waals surface area contributed by atoms with Crippen LogP contribution in [-0.4, -0.2) is 49.5 Å². The van der Waals surface area contributed by atoms with Gasteiger partial charge in [-0.25, -0.2) is 23.6 Å². The smallest absolute Gasteiger partial charge is 0.161 e. The molecule has 10 nitrogen and oxygen atoms in total. The summed E-state index contributed by atoms with van der Waals surface area (Å²) in [4.78, 5) is 13.4. The van der Waals surface area contributed by atoms with Crippen molar-refractivity contribution in [3.63, 3.8) is 0 Å². The second-order valence-corrected chi connectivity index (χ2v) is 10.3. The molecule has 0 bridgehead atoms. The molecule has 5 aromatic heterocycles. The second-order valence-electron chi connectivity index (χ2n) is 10.3. The van der Waals surface area contributed by atoms with E-state index in [0.717, 1.165) is 34.4 Å². The van der Waals surface area contributed by atoms with E-state index in [0.29, 0.717) is 30.0 Å². The molecule has 0 radical (unpaired) electrons. The first kappa shape index (κ1) is 25.0. The summed E-state index contributed by atoms with van der Waals surface area (Å²) >= 11 is 0. The molecular formula is C29H25FN10. The van der Waals surface area contributed by atoms with Gasteiger partial charge in [0.15, 0.2) is 11.6 Å². The van der Waals surface area contributed by atoms with Crippen LogP contribution < -0.4 is 9.80 Å². The van der Waals surface area contributed by atoms with E-state index in [2.05, 4.69) is 39.1 Å². The van der Waals surface area contributed by atoms with E-state index >= 15 is 0 Å². The lowest BCUT2D eigenvalue weighted by Crippen LogP contribution is -2.54. The van der Waals surface area contributed by atoms with Crippen molar-refractivity contribution in [3.8, 4) is 29.1 Å². The Balaban J connectivity index is 1.27. The number of fused-ring (bicyclic) bond motifs is 1. The molecule has 40 heavy (non-hydrogen) atoms. The Morgan fingerprint density at radius 3 is 2.48 bits per heavy atom. The first-order chi connectivity index (χ1) is 19.3. The molecular weight excluding hydrogens is 507 g/mol. The first-order valence-corrected chi connectivity index (χ1v) is 12.7. The van der Waals surface area contributed by atoms with Crippen LogP contribution in [0, 0.1) is 33.9 Å². The summed E-state index contributed by atoms with van der Waals surface area (Å²) < 4.78 is 16.4. The van der Waals surface area contributed by atoms with Crippen LogP contribution in [0.25, 0.3) is 22.5 Å². The van der Waals surface area contributed by atoms with Crippen LogP contribution in [0.2, 0.25) is 0 Å². The Morgan fingerprint density at radius 2 is 1.85 bits per heavy atom. The Morgan fingerprint density at radius 1 is 1.02 bits per heavy atom. The Hall–Kier alpha value is -5.29. The molecule has 1 aliphatic rings. The lowest BCUT2D eigenvalue weighted by Gasteiger charge is -2.45. The molecule has 6 heterocycles. The minimum atomic E-state index is -0.416. The van der Waals surface area contributed by atoms with E-state index in [-0.39, 0.29) is 11.5 Å². The summed E-state index contributed by atoms with van der Waals surface area (Å²) in [5, 5.41) is 27.5. The summed E-state index contributed by atoms with van der Waals surface area (Å²) in [5.74, 6) is 0.884. The Bertz CT molecular complexity index is 1780. The van der Waals surface area contributed by atoms with Gasteiger partial charge in [0, 0.05) is 43.7 Å². The number of hydrogen-bond donors (Lipinski definition) is 0. The van der Waals surface area contributed by atoms with Crippen molar-refractivity contribution < 1.29 is 4.39 Å². The predicted octanol–water partition coefficient (Wildman–Crippen LogP) is 4.54. The van der Waals surface area contributed by atoms with Crippen LogP contribution in [0.5, 0.6) is 0 Å². The molecule has 1 saturated heterocycles. The minimum Gasteiger partial charge on any atom is -0.367 e. The fourth-order valence-electron chi connectivity index (χ4n) is 5.01. The molecule has 5 aromatic rings. The van der Waals surface area contributed by atoms with Crippen molar-refractivity contribution in [1.29, 1.82) is 10.5 Å². The Kier molecular flexibility index (Phi) is 5.92. The highest BCUT2D eigenvalue weighted by Gasteiger charge is 2.39. The third-order valence-corrected chi connectivity index (χ3v) is 7.47. The molecule has 6 rings (SSSR count). The lowest BCUT2D eigenvalue weighted by atomic mass is 9.83. The SMILES string of the molecule is C[C@@H](c1ccc(-n2cc(F)cn2)nc1)N(C)c1ccc(-c2cc(N3CC(C)(C#N)C3)cn3ncc(C#N)c23)cn1. The number of halogens is 1. The van der Waals surface area contributed by atoms with Crippen molar-refractivity contribution in [2.24, 2.45) is 5.41 Å². The van der Waals surface area contributed by atoms with Crippen molar-refractivity contribution >= 4 is 17.0 Å². The van der Waals surface area contributed by atoms with Crippen LogP contribution in [0.1, 0.15) is 31.0 Å². The summed E-state index contributed by atoms with van der Waals surface area (Å²) in [5.41, 5.74) is 4.44. The lowest BCUT2D eigenvalue weighted by molar-refractivity contribution is 0.336. The van der Waals surface area contributed by atoms with Crippen LogP contribution in [-0.2, 0) is 0 Å². The average Bonchev–Trinajstić information content (AvgIpc) is 3.60. The molecule has 0 spiro atoms. The maximum absolute atomic E-state index is 13.3. The molecule has 0 aliphatic carbocycles. The Labute approximate surface area is 230 Å². The van der Waals surface area contributed by atoms with Crippen LogP contribution in [0.3, 0.4) is 0 Å². The highest BCUT2D eigenvalue weighted by molar-refractivity contribution is 5.86. The third-order valence-electron chi connectivity index (χ3n) is 7.47. The molecule has 0 saturated carbocycles. The van der Waals surface area contributed by atoms with Crippen molar-refractivity contribution in [2.45, 2.75) is 19.9 Å².